The van der Waals surface area contributed by atoms with E-state index in [1.54, 1.807) is 0 Å². The molecule has 2 aliphatic heterocycles. The highest BCUT2D eigenvalue weighted by Gasteiger charge is 2.29. The normalized spacial score (nSPS) is 18.8. The molecule has 5 rings (SSSR count). The first-order chi connectivity index (χ1) is 15.7. The van der Waals surface area contributed by atoms with Gasteiger partial charge in [-0.1, -0.05) is 42.5 Å². The lowest BCUT2D eigenvalue weighted by Gasteiger charge is -2.26. The van der Waals surface area contributed by atoms with Gasteiger partial charge in [0.2, 0.25) is 5.91 Å². The SMILES string of the molecule is O=C1CC(c2ccc(OCCN3CCOCC3)cc2)c2cn(Cc3ccccc3)nc2N1. The Hall–Kier alpha value is -3.16. The van der Waals surface area contributed by atoms with Crippen LogP contribution in [-0.4, -0.2) is 60.0 Å². The zero-order valence-electron chi connectivity index (χ0n) is 18.1. The lowest BCUT2D eigenvalue weighted by Crippen LogP contribution is -2.38. The third kappa shape index (κ3) is 4.84. The standard InChI is InChI=1S/C25H28N4O3/c30-24-16-22(23-18-29(27-25(23)26-24)17-19-4-2-1-3-5-19)20-6-8-21(9-7-20)32-15-12-28-10-13-31-14-11-28/h1-9,18,22H,10-17H2,(H,26,27,30). The molecule has 3 aromatic rings. The maximum atomic E-state index is 12.3. The summed E-state index contributed by atoms with van der Waals surface area (Å²) in [6.07, 6.45) is 2.47. The fourth-order valence-corrected chi connectivity index (χ4v) is 4.33. The van der Waals surface area contributed by atoms with Crippen LogP contribution in [0.1, 0.15) is 29.0 Å². The fraction of sp³-hybridized carbons (Fsp3) is 0.360. The van der Waals surface area contributed by atoms with Crippen LogP contribution in [-0.2, 0) is 16.1 Å². The van der Waals surface area contributed by atoms with E-state index in [2.05, 4.69) is 45.8 Å². The molecular weight excluding hydrogens is 404 g/mol. The van der Waals surface area contributed by atoms with Crippen molar-refractivity contribution in [3.63, 3.8) is 0 Å². The summed E-state index contributed by atoms with van der Waals surface area (Å²) in [5.41, 5.74) is 3.33. The first kappa shape index (κ1) is 20.7. The van der Waals surface area contributed by atoms with E-state index in [0.29, 0.717) is 25.4 Å². The zero-order valence-corrected chi connectivity index (χ0v) is 18.1. The predicted octanol–water partition coefficient (Wildman–Crippen LogP) is 3.12. The largest absolute Gasteiger partial charge is 0.492 e. The van der Waals surface area contributed by atoms with Crippen molar-refractivity contribution in [2.45, 2.75) is 18.9 Å². The van der Waals surface area contributed by atoms with Gasteiger partial charge in [0.25, 0.3) is 0 Å². The van der Waals surface area contributed by atoms with Crippen LogP contribution in [0.4, 0.5) is 5.82 Å². The Kier molecular flexibility index (Phi) is 6.18. The fourth-order valence-electron chi connectivity index (χ4n) is 4.33. The molecule has 2 aromatic carbocycles. The number of hydrogen-bond donors (Lipinski definition) is 1. The molecule has 32 heavy (non-hydrogen) atoms. The van der Waals surface area contributed by atoms with E-state index in [1.165, 1.54) is 5.56 Å². The average molecular weight is 433 g/mol. The van der Waals surface area contributed by atoms with Crippen molar-refractivity contribution in [1.29, 1.82) is 0 Å². The van der Waals surface area contributed by atoms with Gasteiger partial charge < -0.3 is 14.8 Å². The van der Waals surface area contributed by atoms with Gasteiger partial charge in [0.15, 0.2) is 5.82 Å². The molecular formula is C25H28N4O3. The molecule has 2 aliphatic rings. The molecule has 1 unspecified atom stereocenters. The van der Waals surface area contributed by atoms with Crippen molar-refractivity contribution in [3.8, 4) is 5.75 Å². The van der Waals surface area contributed by atoms with Gasteiger partial charge in [-0.25, -0.2) is 0 Å². The molecule has 0 saturated carbocycles. The highest BCUT2D eigenvalue weighted by Crippen LogP contribution is 2.37. The summed E-state index contributed by atoms with van der Waals surface area (Å²) in [4.78, 5) is 14.7. The van der Waals surface area contributed by atoms with Crippen molar-refractivity contribution >= 4 is 11.7 Å². The van der Waals surface area contributed by atoms with E-state index in [9.17, 15) is 4.79 Å². The third-order valence-corrected chi connectivity index (χ3v) is 6.06. The highest BCUT2D eigenvalue weighted by molar-refractivity contribution is 5.94. The van der Waals surface area contributed by atoms with Crippen LogP contribution in [0.5, 0.6) is 5.75 Å². The van der Waals surface area contributed by atoms with Crippen LogP contribution in [0.15, 0.2) is 60.8 Å². The Morgan fingerprint density at radius 3 is 2.62 bits per heavy atom. The summed E-state index contributed by atoms with van der Waals surface area (Å²) >= 11 is 0. The number of anilines is 1. The summed E-state index contributed by atoms with van der Waals surface area (Å²) in [6.45, 7) is 5.76. The number of amides is 1. The molecule has 166 valence electrons. The molecule has 1 aromatic heterocycles. The van der Waals surface area contributed by atoms with E-state index in [0.717, 1.165) is 49.7 Å². The van der Waals surface area contributed by atoms with Gasteiger partial charge in [-0.2, -0.15) is 5.10 Å². The second-order valence-electron chi connectivity index (χ2n) is 8.29. The van der Waals surface area contributed by atoms with Gasteiger partial charge >= 0.3 is 0 Å². The first-order valence-corrected chi connectivity index (χ1v) is 11.2. The number of ether oxygens (including phenoxy) is 2. The van der Waals surface area contributed by atoms with Gasteiger partial charge in [0.1, 0.15) is 12.4 Å². The summed E-state index contributed by atoms with van der Waals surface area (Å²) < 4.78 is 13.2. The molecule has 1 atom stereocenters. The minimum atomic E-state index is -0.00864. The van der Waals surface area contributed by atoms with E-state index >= 15 is 0 Å². The van der Waals surface area contributed by atoms with Crippen molar-refractivity contribution in [1.82, 2.24) is 14.7 Å². The molecule has 7 nitrogen and oxygen atoms in total. The van der Waals surface area contributed by atoms with Gasteiger partial charge in [-0.15, -0.1) is 0 Å². The minimum absolute atomic E-state index is 0.00158. The molecule has 1 saturated heterocycles. The number of rotatable bonds is 7. The first-order valence-electron chi connectivity index (χ1n) is 11.2. The second-order valence-corrected chi connectivity index (χ2v) is 8.29. The predicted molar refractivity (Wildman–Crippen MR) is 122 cm³/mol. The van der Waals surface area contributed by atoms with Crippen LogP contribution in [0.3, 0.4) is 0 Å². The van der Waals surface area contributed by atoms with E-state index in [4.69, 9.17) is 9.47 Å². The Morgan fingerprint density at radius 2 is 1.84 bits per heavy atom. The summed E-state index contributed by atoms with van der Waals surface area (Å²) in [7, 11) is 0. The third-order valence-electron chi connectivity index (χ3n) is 6.06. The van der Waals surface area contributed by atoms with Crippen LogP contribution in [0, 0.1) is 0 Å². The molecule has 3 heterocycles. The van der Waals surface area contributed by atoms with Gasteiger partial charge in [-0.3, -0.25) is 14.4 Å². The Morgan fingerprint density at radius 1 is 1.06 bits per heavy atom. The Bertz CT molecular complexity index is 1040. The number of nitrogens with one attached hydrogen (secondary N) is 1. The quantitative estimate of drug-likeness (QED) is 0.621. The van der Waals surface area contributed by atoms with Crippen LogP contribution < -0.4 is 10.1 Å². The number of hydrogen-bond acceptors (Lipinski definition) is 5. The average Bonchev–Trinajstić information content (AvgIpc) is 3.22. The lowest BCUT2D eigenvalue weighted by molar-refractivity contribution is -0.116. The van der Waals surface area contributed by atoms with Gasteiger partial charge in [0.05, 0.1) is 19.8 Å². The van der Waals surface area contributed by atoms with Crippen molar-refractivity contribution < 1.29 is 14.3 Å². The van der Waals surface area contributed by atoms with Crippen LogP contribution >= 0.6 is 0 Å². The maximum absolute atomic E-state index is 12.3. The Balaban J connectivity index is 1.26. The zero-order chi connectivity index (χ0) is 21.8. The summed E-state index contributed by atoms with van der Waals surface area (Å²) in [6, 6.07) is 18.3. The number of fused-ring (bicyclic) bond motifs is 1. The van der Waals surface area contributed by atoms with Crippen LogP contribution in [0.2, 0.25) is 0 Å². The number of aromatic nitrogens is 2. The number of benzene rings is 2. The minimum Gasteiger partial charge on any atom is -0.492 e. The van der Waals surface area contributed by atoms with E-state index < -0.39 is 0 Å². The summed E-state index contributed by atoms with van der Waals surface area (Å²) in [5, 5.41) is 7.55. The van der Waals surface area contributed by atoms with Crippen molar-refractivity contribution in [2.24, 2.45) is 0 Å². The van der Waals surface area contributed by atoms with Crippen LogP contribution in [0.25, 0.3) is 0 Å². The molecule has 7 heteroatoms. The highest BCUT2D eigenvalue weighted by atomic mass is 16.5. The van der Waals surface area contributed by atoms with Crippen molar-refractivity contribution in [2.75, 3.05) is 44.8 Å². The lowest BCUT2D eigenvalue weighted by atomic mass is 9.87. The molecule has 1 fully saturated rings. The monoisotopic (exact) mass is 432 g/mol. The number of morpholine rings is 1. The molecule has 1 N–H and O–H groups in total. The molecule has 0 radical (unpaired) electrons. The molecule has 0 spiro atoms. The molecule has 0 bridgehead atoms. The smallest absolute Gasteiger partial charge is 0.226 e. The van der Waals surface area contributed by atoms with Gasteiger partial charge in [-0.05, 0) is 23.3 Å². The molecule has 0 aliphatic carbocycles. The number of carbonyl (C=O) groups excluding carboxylic acids is 1. The van der Waals surface area contributed by atoms with E-state index in [1.807, 2.05) is 35.0 Å². The number of nitrogens with zero attached hydrogens (tertiary/aromatic N) is 3. The maximum Gasteiger partial charge on any atom is 0.226 e. The van der Waals surface area contributed by atoms with Gasteiger partial charge in [0, 0.05) is 43.7 Å². The second kappa shape index (κ2) is 9.54. The van der Waals surface area contributed by atoms with Crippen molar-refractivity contribution in [3.05, 3.63) is 77.5 Å². The van der Waals surface area contributed by atoms with E-state index in [-0.39, 0.29) is 11.8 Å². The topological polar surface area (TPSA) is 68.6 Å². The number of carbonyl (C=O) groups is 1. The summed E-state index contributed by atoms with van der Waals surface area (Å²) in [5.74, 6) is 1.50. The Labute approximate surface area is 187 Å². The molecule has 1 amide bonds.